The number of rotatable bonds is 3. The van der Waals surface area contributed by atoms with Gasteiger partial charge >= 0.3 is 0 Å². The number of tetrazole rings is 1. The largest absolute Gasteiger partial charge is 0.292 e. The molecular formula is C10H10ClN5O. The molecule has 0 bridgehead atoms. The predicted octanol–water partition coefficient (Wildman–Crippen LogP) is 1.04. The standard InChI is InChI=1S/C10H10ClN5O/c1-16-14-10(13-15-16)12-9(17)6-7-2-4-8(11)5-3-7/h2-5H,6H2,1H3,(H,12,14,17). The second-order valence-electron chi connectivity index (χ2n) is 3.45. The molecule has 0 radical (unpaired) electrons. The normalized spacial score (nSPS) is 10.2. The third kappa shape index (κ3) is 3.25. The zero-order chi connectivity index (χ0) is 12.3. The summed E-state index contributed by atoms with van der Waals surface area (Å²) in [5, 5.41) is 14.3. The van der Waals surface area contributed by atoms with Crippen LogP contribution in [0.2, 0.25) is 5.02 Å². The topological polar surface area (TPSA) is 72.7 Å². The molecule has 6 nitrogen and oxygen atoms in total. The van der Waals surface area contributed by atoms with Gasteiger partial charge in [0.2, 0.25) is 5.91 Å². The van der Waals surface area contributed by atoms with Crippen molar-refractivity contribution in [3.8, 4) is 0 Å². The molecule has 0 unspecified atom stereocenters. The second-order valence-corrected chi connectivity index (χ2v) is 3.89. The first kappa shape index (κ1) is 11.5. The molecule has 17 heavy (non-hydrogen) atoms. The van der Waals surface area contributed by atoms with Crippen LogP contribution in [0.15, 0.2) is 24.3 Å². The lowest BCUT2D eigenvalue weighted by Crippen LogP contribution is -2.15. The molecular weight excluding hydrogens is 242 g/mol. The summed E-state index contributed by atoms with van der Waals surface area (Å²) < 4.78 is 0. The van der Waals surface area contributed by atoms with Gasteiger partial charge in [0.1, 0.15) is 0 Å². The molecule has 0 fully saturated rings. The van der Waals surface area contributed by atoms with E-state index in [1.165, 1.54) is 4.80 Å². The Balaban J connectivity index is 1.95. The smallest absolute Gasteiger partial charge is 0.270 e. The molecule has 2 aromatic rings. The average Bonchev–Trinajstić information content (AvgIpc) is 2.67. The Bertz CT molecular complexity index is 522. The summed E-state index contributed by atoms with van der Waals surface area (Å²) >= 11 is 5.75. The number of nitrogens with zero attached hydrogens (tertiary/aromatic N) is 4. The van der Waals surface area contributed by atoms with E-state index in [0.717, 1.165) is 5.56 Å². The number of aromatic nitrogens is 4. The van der Waals surface area contributed by atoms with Crippen LogP contribution < -0.4 is 5.32 Å². The van der Waals surface area contributed by atoms with Gasteiger partial charge in [-0.1, -0.05) is 28.8 Å². The van der Waals surface area contributed by atoms with Crippen LogP contribution in [-0.4, -0.2) is 26.1 Å². The zero-order valence-corrected chi connectivity index (χ0v) is 9.85. The fourth-order valence-corrected chi connectivity index (χ4v) is 1.42. The number of aryl methyl sites for hydroxylation is 1. The Kier molecular flexibility index (Phi) is 3.34. The van der Waals surface area contributed by atoms with Gasteiger partial charge in [0.25, 0.3) is 5.95 Å². The van der Waals surface area contributed by atoms with Crippen molar-refractivity contribution in [1.29, 1.82) is 0 Å². The van der Waals surface area contributed by atoms with Crippen molar-refractivity contribution in [1.82, 2.24) is 20.2 Å². The number of halogens is 1. The number of carbonyl (C=O) groups is 1. The Morgan fingerprint density at radius 2 is 2.12 bits per heavy atom. The monoisotopic (exact) mass is 251 g/mol. The summed E-state index contributed by atoms with van der Waals surface area (Å²) in [6.45, 7) is 0. The van der Waals surface area contributed by atoms with Crippen LogP contribution in [-0.2, 0) is 18.3 Å². The molecule has 1 amide bonds. The van der Waals surface area contributed by atoms with Gasteiger partial charge in [-0.2, -0.15) is 4.80 Å². The first-order valence-corrected chi connectivity index (χ1v) is 5.29. The molecule has 1 aromatic carbocycles. The van der Waals surface area contributed by atoms with Gasteiger partial charge in [0.05, 0.1) is 13.5 Å². The lowest BCUT2D eigenvalue weighted by Gasteiger charge is -2.01. The van der Waals surface area contributed by atoms with Crippen LogP contribution in [0.25, 0.3) is 0 Å². The molecule has 0 atom stereocenters. The summed E-state index contributed by atoms with van der Waals surface area (Å²) in [5.41, 5.74) is 0.871. The number of hydrogen-bond donors (Lipinski definition) is 1. The maximum absolute atomic E-state index is 11.6. The summed E-state index contributed by atoms with van der Waals surface area (Å²) in [6, 6.07) is 7.08. The van der Waals surface area contributed by atoms with E-state index in [1.54, 1.807) is 31.3 Å². The highest BCUT2D eigenvalue weighted by atomic mass is 35.5. The highest BCUT2D eigenvalue weighted by molar-refractivity contribution is 6.30. The first-order valence-electron chi connectivity index (χ1n) is 4.92. The van der Waals surface area contributed by atoms with Crippen LogP contribution in [0.5, 0.6) is 0 Å². The van der Waals surface area contributed by atoms with Crippen LogP contribution in [0.1, 0.15) is 5.56 Å². The fraction of sp³-hybridized carbons (Fsp3) is 0.200. The maximum Gasteiger partial charge on any atom is 0.270 e. The van der Waals surface area contributed by atoms with Crippen molar-refractivity contribution in [3.63, 3.8) is 0 Å². The first-order chi connectivity index (χ1) is 8.13. The lowest BCUT2D eigenvalue weighted by molar-refractivity contribution is -0.115. The SMILES string of the molecule is Cn1nnc(NC(=O)Cc2ccc(Cl)cc2)n1. The number of anilines is 1. The lowest BCUT2D eigenvalue weighted by atomic mass is 10.1. The van der Waals surface area contributed by atoms with Crippen molar-refractivity contribution in [3.05, 3.63) is 34.9 Å². The zero-order valence-electron chi connectivity index (χ0n) is 9.09. The summed E-state index contributed by atoms with van der Waals surface area (Å²) in [5.74, 6) is 0.00628. The van der Waals surface area contributed by atoms with E-state index in [9.17, 15) is 4.79 Å². The minimum absolute atomic E-state index is 0.194. The minimum atomic E-state index is -0.194. The molecule has 0 saturated carbocycles. The van der Waals surface area contributed by atoms with E-state index in [4.69, 9.17) is 11.6 Å². The molecule has 2 rings (SSSR count). The molecule has 0 aliphatic carbocycles. The van der Waals surface area contributed by atoms with Crippen LogP contribution >= 0.6 is 11.6 Å². The molecule has 7 heteroatoms. The summed E-state index contributed by atoms with van der Waals surface area (Å²) in [6.07, 6.45) is 0.245. The molecule has 0 saturated heterocycles. The number of amides is 1. The number of benzene rings is 1. The predicted molar refractivity (Wildman–Crippen MR) is 62.6 cm³/mol. The number of carbonyl (C=O) groups excluding carboxylic acids is 1. The van der Waals surface area contributed by atoms with Crippen molar-refractivity contribution >= 4 is 23.5 Å². The van der Waals surface area contributed by atoms with E-state index in [1.807, 2.05) is 0 Å². The third-order valence-corrected chi connectivity index (χ3v) is 2.29. The minimum Gasteiger partial charge on any atom is -0.292 e. The van der Waals surface area contributed by atoms with Gasteiger partial charge in [-0.05, 0) is 22.9 Å². The van der Waals surface area contributed by atoms with Crippen molar-refractivity contribution in [2.45, 2.75) is 6.42 Å². The van der Waals surface area contributed by atoms with Crippen molar-refractivity contribution in [2.24, 2.45) is 7.05 Å². The summed E-state index contributed by atoms with van der Waals surface area (Å²) in [7, 11) is 1.63. The van der Waals surface area contributed by atoms with Crippen molar-refractivity contribution < 1.29 is 4.79 Å². The maximum atomic E-state index is 11.6. The Hall–Kier alpha value is -1.95. The van der Waals surface area contributed by atoms with E-state index in [-0.39, 0.29) is 18.3 Å². The number of hydrogen-bond acceptors (Lipinski definition) is 4. The summed E-state index contributed by atoms with van der Waals surface area (Å²) in [4.78, 5) is 12.9. The van der Waals surface area contributed by atoms with E-state index in [2.05, 4.69) is 20.7 Å². The highest BCUT2D eigenvalue weighted by Gasteiger charge is 2.07. The van der Waals surface area contributed by atoms with Gasteiger partial charge in [0.15, 0.2) is 0 Å². The molecule has 0 aliphatic rings. The van der Waals surface area contributed by atoms with E-state index >= 15 is 0 Å². The second kappa shape index (κ2) is 4.92. The van der Waals surface area contributed by atoms with Gasteiger partial charge in [0, 0.05) is 5.02 Å². The third-order valence-electron chi connectivity index (χ3n) is 2.04. The molecule has 0 aliphatic heterocycles. The molecule has 88 valence electrons. The molecule has 1 aromatic heterocycles. The number of nitrogens with one attached hydrogen (secondary N) is 1. The van der Waals surface area contributed by atoms with Gasteiger partial charge in [-0.15, -0.1) is 5.10 Å². The Labute approximate surface area is 103 Å². The van der Waals surface area contributed by atoms with Gasteiger partial charge in [-0.3, -0.25) is 10.1 Å². The van der Waals surface area contributed by atoms with Crippen LogP contribution in [0.3, 0.4) is 0 Å². The van der Waals surface area contributed by atoms with Crippen molar-refractivity contribution in [2.75, 3.05) is 5.32 Å². The van der Waals surface area contributed by atoms with E-state index < -0.39 is 0 Å². The Morgan fingerprint density at radius 3 is 2.71 bits per heavy atom. The molecule has 1 heterocycles. The van der Waals surface area contributed by atoms with E-state index in [0.29, 0.717) is 5.02 Å². The molecule has 0 spiro atoms. The highest BCUT2D eigenvalue weighted by Crippen LogP contribution is 2.10. The van der Waals surface area contributed by atoms with Gasteiger partial charge < -0.3 is 0 Å². The fourth-order valence-electron chi connectivity index (χ4n) is 1.29. The van der Waals surface area contributed by atoms with Gasteiger partial charge in [-0.25, -0.2) is 0 Å². The average molecular weight is 252 g/mol. The quantitative estimate of drug-likeness (QED) is 0.885. The van der Waals surface area contributed by atoms with Crippen LogP contribution in [0, 0.1) is 0 Å². The van der Waals surface area contributed by atoms with Crippen LogP contribution in [0.4, 0.5) is 5.95 Å². The Morgan fingerprint density at radius 1 is 1.41 bits per heavy atom. The molecule has 1 N–H and O–H groups in total.